The van der Waals surface area contributed by atoms with Crippen molar-refractivity contribution in [2.75, 3.05) is 18.0 Å². The van der Waals surface area contributed by atoms with Gasteiger partial charge in [-0.3, -0.25) is 4.79 Å². The van der Waals surface area contributed by atoms with E-state index in [1.54, 1.807) is 6.20 Å². The fourth-order valence-electron chi connectivity index (χ4n) is 2.84. The van der Waals surface area contributed by atoms with Gasteiger partial charge in [-0.1, -0.05) is 0 Å². The second-order valence-electron chi connectivity index (χ2n) is 5.11. The Labute approximate surface area is 114 Å². The van der Waals surface area contributed by atoms with E-state index in [1.807, 2.05) is 13.0 Å². The summed E-state index contributed by atoms with van der Waals surface area (Å²) in [6.07, 6.45) is 6.10. The first-order valence-electron chi connectivity index (χ1n) is 6.87. The van der Waals surface area contributed by atoms with Gasteiger partial charge in [0.05, 0.1) is 5.56 Å². The normalized spacial score (nSPS) is 19.5. The Balaban J connectivity index is 2.38. The van der Waals surface area contributed by atoms with Crippen molar-refractivity contribution >= 4 is 11.7 Å². The Morgan fingerprint density at radius 2 is 2.32 bits per heavy atom. The first-order chi connectivity index (χ1) is 9.15. The SMILES string of the molecule is Cc1ccnc(N2CCCCC2CCN)c1C(N)=O. The lowest BCUT2D eigenvalue weighted by Gasteiger charge is -2.37. The number of hydrogen-bond acceptors (Lipinski definition) is 4. The third kappa shape index (κ3) is 2.87. The van der Waals surface area contributed by atoms with E-state index in [-0.39, 0.29) is 0 Å². The van der Waals surface area contributed by atoms with Crippen LogP contribution in [-0.2, 0) is 0 Å². The number of nitrogens with zero attached hydrogens (tertiary/aromatic N) is 2. The lowest BCUT2D eigenvalue weighted by atomic mass is 9.98. The number of carbonyl (C=O) groups is 1. The molecule has 1 aliphatic heterocycles. The van der Waals surface area contributed by atoms with E-state index >= 15 is 0 Å². The van der Waals surface area contributed by atoms with Crippen molar-refractivity contribution in [1.29, 1.82) is 0 Å². The quantitative estimate of drug-likeness (QED) is 0.853. The number of nitrogens with two attached hydrogens (primary N) is 2. The van der Waals surface area contributed by atoms with Crippen LogP contribution in [-0.4, -0.2) is 30.0 Å². The number of amides is 1. The Morgan fingerprint density at radius 3 is 3.00 bits per heavy atom. The molecule has 0 spiro atoms. The van der Waals surface area contributed by atoms with E-state index in [4.69, 9.17) is 11.5 Å². The van der Waals surface area contributed by atoms with Crippen molar-refractivity contribution in [1.82, 2.24) is 4.98 Å². The van der Waals surface area contributed by atoms with Crippen LogP contribution in [0.3, 0.4) is 0 Å². The number of primary amides is 1. The number of rotatable bonds is 4. The van der Waals surface area contributed by atoms with Gasteiger partial charge in [-0.05, 0) is 50.8 Å². The Kier molecular flexibility index (Phi) is 4.37. The number of piperidine rings is 1. The van der Waals surface area contributed by atoms with E-state index in [0.717, 1.165) is 37.2 Å². The highest BCUT2D eigenvalue weighted by Crippen LogP contribution is 2.28. The fraction of sp³-hybridized carbons (Fsp3) is 0.571. The molecule has 19 heavy (non-hydrogen) atoms. The van der Waals surface area contributed by atoms with Crippen molar-refractivity contribution in [3.63, 3.8) is 0 Å². The van der Waals surface area contributed by atoms with Crippen LogP contribution in [0.4, 0.5) is 5.82 Å². The van der Waals surface area contributed by atoms with Crippen LogP contribution in [0.1, 0.15) is 41.6 Å². The van der Waals surface area contributed by atoms with E-state index in [9.17, 15) is 4.79 Å². The van der Waals surface area contributed by atoms with E-state index in [2.05, 4.69) is 9.88 Å². The van der Waals surface area contributed by atoms with Crippen LogP contribution in [0.25, 0.3) is 0 Å². The van der Waals surface area contributed by atoms with Gasteiger partial charge >= 0.3 is 0 Å². The molecule has 1 unspecified atom stereocenters. The number of aromatic nitrogens is 1. The zero-order chi connectivity index (χ0) is 13.8. The highest BCUT2D eigenvalue weighted by Gasteiger charge is 2.26. The van der Waals surface area contributed by atoms with Gasteiger partial charge in [0.2, 0.25) is 0 Å². The molecule has 0 bridgehead atoms. The second-order valence-corrected chi connectivity index (χ2v) is 5.11. The molecule has 5 nitrogen and oxygen atoms in total. The molecular weight excluding hydrogens is 240 g/mol. The third-order valence-electron chi connectivity index (χ3n) is 3.78. The Bertz CT molecular complexity index is 459. The summed E-state index contributed by atoms with van der Waals surface area (Å²) in [5, 5.41) is 0. The van der Waals surface area contributed by atoms with E-state index in [1.165, 1.54) is 6.42 Å². The molecule has 1 atom stereocenters. The van der Waals surface area contributed by atoms with Gasteiger partial charge in [0, 0.05) is 18.8 Å². The summed E-state index contributed by atoms with van der Waals surface area (Å²) in [6.45, 7) is 3.47. The van der Waals surface area contributed by atoms with Crippen LogP contribution in [0.5, 0.6) is 0 Å². The number of hydrogen-bond donors (Lipinski definition) is 2. The maximum Gasteiger partial charge on any atom is 0.252 e. The summed E-state index contributed by atoms with van der Waals surface area (Å²) in [5.41, 5.74) is 12.6. The number of anilines is 1. The highest BCUT2D eigenvalue weighted by molar-refractivity contribution is 5.99. The maximum atomic E-state index is 11.7. The molecule has 104 valence electrons. The smallest absolute Gasteiger partial charge is 0.252 e. The molecule has 0 saturated carbocycles. The number of aryl methyl sites for hydroxylation is 1. The van der Waals surface area contributed by atoms with E-state index in [0.29, 0.717) is 18.2 Å². The minimum Gasteiger partial charge on any atom is -0.365 e. The zero-order valence-corrected chi connectivity index (χ0v) is 11.4. The first kappa shape index (κ1) is 13.8. The molecule has 2 rings (SSSR count). The zero-order valence-electron chi connectivity index (χ0n) is 11.4. The average Bonchev–Trinajstić information content (AvgIpc) is 2.39. The lowest BCUT2D eigenvalue weighted by Crippen LogP contribution is -2.42. The molecule has 1 aromatic rings. The molecule has 1 fully saturated rings. The number of pyridine rings is 1. The summed E-state index contributed by atoms with van der Waals surface area (Å²) < 4.78 is 0. The van der Waals surface area contributed by atoms with Gasteiger partial charge in [0.15, 0.2) is 0 Å². The molecule has 0 radical (unpaired) electrons. The van der Waals surface area contributed by atoms with Crippen LogP contribution < -0.4 is 16.4 Å². The van der Waals surface area contributed by atoms with Gasteiger partial charge < -0.3 is 16.4 Å². The fourth-order valence-corrected chi connectivity index (χ4v) is 2.84. The largest absolute Gasteiger partial charge is 0.365 e. The van der Waals surface area contributed by atoms with Crippen molar-refractivity contribution in [2.45, 2.75) is 38.6 Å². The topological polar surface area (TPSA) is 85.2 Å². The number of carbonyl (C=O) groups excluding carboxylic acids is 1. The summed E-state index contributed by atoms with van der Waals surface area (Å²) >= 11 is 0. The van der Waals surface area contributed by atoms with Crippen molar-refractivity contribution in [3.8, 4) is 0 Å². The monoisotopic (exact) mass is 262 g/mol. The van der Waals surface area contributed by atoms with Gasteiger partial charge in [0.1, 0.15) is 5.82 Å². The molecule has 0 aliphatic carbocycles. The van der Waals surface area contributed by atoms with Crippen molar-refractivity contribution < 1.29 is 4.79 Å². The van der Waals surface area contributed by atoms with Crippen molar-refractivity contribution in [2.24, 2.45) is 11.5 Å². The molecule has 5 heteroatoms. The molecular formula is C14H22N4O. The summed E-state index contributed by atoms with van der Waals surface area (Å²) in [7, 11) is 0. The standard InChI is InChI=1S/C14H22N4O/c1-10-6-8-17-14(12(10)13(16)19)18-9-3-2-4-11(18)5-7-15/h6,8,11H,2-5,7,9,15H2,1H3,(H2,16,19). The van der Waals surface area contributed by atoms with Crippen LogP contribution >= 0.6 is 0 Å². The summed E-state index contributed by atoms with van der Waals surface area (Å²) in [4.78, 5) is 18.3. The minimum atomic E-state index is -0.405. The Morgan fingerprint density at radius 1 is 1.53 bits per heavy atom. The third-order valence-corrected chi connectivity index (χ3v) is 3.78. The predicted octanol–water partition coefficient (Wildman–Crippen LogP) is 1.20. The molecule has 1 amide bonds. The van der Waals surface area contributed by atoms with Gasteiger partial charge in [-0.15, -0.1) is 0 Å². The molecule has 1 saturated heterocycles. The molecule has 1 aromatic heterocycles. The second kappa shape index (κ2) is 6.02. The molecule has 2 heterocycles. The van der Waals surface area contributed by atoms with Crippen LogP contribution in [0, 0.1) is 6.92 Å². The minimum absolute atomic E-state index is 0.367. The Hall–Kier alpha value is -1.62. The molecule has 1 aliphatic rings. The van der Waals surface area contributed by atoms with Crippen LogP contribution in [0.15, 0.2) is 12.3 Å². The average molecular weight is 262 g/mol. The lowest BCUT2D eigenvalue weighted by molar-refractivity contribution is 0.0999. The van der Waals surface area contributed by atoms with Gasteiger partial charge in [-0.2, -0.15) is 0 Å². The first-order valence-corrected chi connectivity index (χ1v) is 6.87. The van der Waals surface area contributed by atoms with Gasteiger partial charge in [0.25, 0.3) is 5.91 Å². The predicted molar refractivity (Wildman–Crippen MR) is 76.1 cm³/mol. The van der Waals surface area contributed by atoms with Gasteiger partial charge in [-0.25, -0.2) is 4.98 Å². The molecule has 4 N–H and O–H groups in total. The summed E-state index contributed by atoms with van der Waals surface area (Å²) in [6, 6.07) is 2.19. The van der Waals surface area contributed by atoms with Crippen molar-refractivity contribution in [3.05, 3.63) is 23.4 Å². The molecule has 0 aromatic carbocycles. The summed E-state index contributed by atoms with van der Waals surface area (Å²) in [5.74, 6) is 0.323. The highest BCUT2D eigenvalue weighted by atomic mass is 16.1. The van der Waals surface area contributed by atoms with E-state index < -0.39 is 5.91 Å². The maximum absolute atomic E-state index is 11.7. The van der Waals surface area contributed by atoms with Crippen LogP contribution in [0.2, 0.25) is 0 Å².